The van der Waals surface area contributed by atoms with Crippen LogP contribution in [0.15, 0.2) is 48.5 Å². The van der Waals surface area contributed by atoms with Gasteiger partial charge in [-0.3, -0.25) is 0 Å². The lowest BCUT2D eigenvalue weighted by Crippen LogP contribution is -2.25. The minimum atomic E-state index is 0.372. The van der Waals surface area contributed by atoms with E-state index in [1.165, 1.54) is 16.8 Å². The number of hydrogen-bond donors (Lipinski definition) is 1. The second-order valence-electron chi connectivity index (χ2n) is 5.01. The molecule has 92 valence electrons. The van der Waals surface area contributed by atoms with E-state index < -0.39 is 0 Å². The molecule has 0 aliphatic carbocycles. The second-order valence-corrected chi connectivity index (χ2v) is 5.45. The van der Waals surface area contributed by atoms with Crippen LogP contribution in [0.4, 0.5) is 5.69 Å². The van der Waals surface area contributed by atoms with E-state index in [1.807, 2.05) is 12.1 Å². The molecule has 3 rings (SSSR count). The van der Waals surface area contributed by atoms with E-state index in [0.717, 1.165) is 11.4 Å². The van der Waals surface area contributed by atoms with Crippen molar-refractivity contribution in [3.05, 3.63) is 64.7 Å². The van der Waals surface area contributed by atoms with Gasteiger partial charge in [-0.25, -0.2) is 0 Å². The minimum Gasteiger partial charge on any atom is -0.378 e. The highest BCUT2D eigenvalue weighted by atomic mass is 35.5. The van der Waals surface area contributed by atoms with Crippen LogP contribution in [0.5, 0.6) is 0 Å². The van der Waals surface area contributed by atoms with E-state index in [4.69, 9.17) is 11.6 Å². The molecule has 2 aromatic rings. The van der Waals surface area contributed by atoms with Crippen LogP contribution in [0, 0.1) is 5.92 Å². The number of benzene rings is 2. The Hall–Kier alpha value is -1.47. The Kier molecular flexibility index (Phi) is 3.00. The molecule has 2 heteroatoms. The molecule has 0 fully saturated rings. The summed E-state index contributed by atoms with van der Waals surface area (Å²) in [7, 11) is 0. The largest absolute Gasteiger partial charge is 0.378 e. The van der Waals surface area contributed by atoms with Gasteiger partial charge < -0.3 is 5.32 Å². The topological polar surface area (TPSA) is 12.0 Å². The summed E-state index contributed by atoms with van der Waals surface area (Å²) in [6.07, 6.45) is 1.12. The van der Waals surface area contributed by atoms with Gasteiger partial charge in [0.1, 0.15) is 0 Å². The molecule has 1 heterocycles. The first-order chi connectivity index (χ1) is 8.74. The van der Waals surface area contributed by atoms with Gasteiger partial charge in [0.25, 0.3) is 0 Å². The summed E-state index contributed by atoms with van der Waals surface area (Å²) >= 11 is 5.95. The van der Waals surface area contributed by atoms with E-state index in [0.29, 0.717) is 12.0 Å². The van der Waals surface area contributed by atoms with Crippen molar-refractivity contribution < 1.29 is 0 Å². The lowest BCUT2D eigenvalue weighted by Gasteiger charge is -2.33. The quantitative estimate of drug-likeness (QED) is 0.782. The molecule has 1 aliphatic rings. The van der Waals surface area contributed by atoms with Crippen LogP contribution in [0.2, 0.25) is 5.02 Å². The monoisotopic (exact) mass is 257 g/mol. The third-order valence-corrected chi connectivity index (χ3v) is 3.92. The van der Waals surface area contributed by atoms with Gasteiger partial charge in [0.2, 0.25) is 0 Å². The molecule has 1 N–H and O–H groups in total. The Balaban J connectivity index is 1.93. The summed E-state index contributed by atoms with van der Waals surface area (Å²) in [5.41, 5.74) is 3.98. The maximum Gasteiger partial charge on any atom is 0.0542 e. The molecule has 0 saturated heterocycles. The van der Waals surface area contributed by atoms with E-state index >= 15 is 0 Å². The summed E-state index contributed by atoms with van der Waals surface area (Å²) < 4.78 is 0. The molecule has 2 unspecified atom stereocenters. The van der Waals surface area contributed by atoms with E-state index in [1.54, 1.807) is 0 Å². The zero-order valence-corrected chi connectivity index (χ0v) is 11.1. The Labute approximate surface area is 113 Å². The van der Waals surface area contributed by atoms with Crippen molar-refractivity contribution >= 4 is 17.3 Å². The van der Waals surface area contributed by atoms with Crippen LogP contribution in [-0.4, -0.2) is 0 Å². The van der Waals surface area contributed by atoms with Crippen molar-refractivity contribution in [2.75, 3.05) is 5.32 Å². The fourth-order valence-corrected chi connectivity index (χ4v) is 2.82. The summed E-state index contributed by atoms with van der Waals surface area (Å²) in [4.78, 5) is 0. The van der Waals surface area contributed by atoms with Gasteiger partial charge in [-0.1, -0.05) is 48.9 Å². The van der Waals surface area contributed by atoms with Crippen molar-refractivity contribution in [1.29, 1.82) is 0 Å². The summed E-state index contributed by atoms with van der Waals surface area (Å²) in [6, 6.07) is 17.1. The summed E-state index contributed by atoms with van der Waals surface area (Å²) in [5, 5.41) is 4.43. The maximum atomic E-state index is 5.95. The van der Waals surface area contributed by atoms with E-state index in [2.05, 4.69) is 48.6 Å². The van der Waals surface area contributed by atoms with Crippen molar-refractivity contribution in [3.63, 3.8) is 0 Å². The number of hydrogen-bond acceptors (Lipinski definition) is 1. The van der Waals surface area contributed by atoms with Crippen molar-refractivity contribution in [1.82, 2.24) is 0 Å². The van der Waals surface area contributed by atoms with Crippen molar-refractivity contribution in [3.8, 4) is 0 Å². The highest BCUT2D eigenvalue weighted by Crippen LogP contribution is 2.36. The molecule has 2 aromatic carbocycles. The summed E-state index contributed by atoms with van der Waals surface area (Å²) in [5.74, 6) is 0.584. The summed E-state index contributed by atoms with van der Waals surface area (Å²) in [6.45, 7) is 2.29. The molecule has 0 saturated carbocycles. The smallest absolute Gasteiger partial charge is 0.0542 e. The fraction of sp³-hybridized carbons (Fsp3) is 0.250. The molecule has 0 amide bonds. The SMILES string of the molecule is CC1Cc2ccccc2NC1c1ccc(Cl)cc1. The molecule has 0 aromatic heterocycles. The van der Waals surface area contributed by atoms with Crippen molar-refractivity contribution in [2.45, 2.75) is 19.4 Å². The lowest BCUT2D eigenvalue weighted by atomic mass is 9.85. The molecule has 2 atom stereocenters. The van der Waals surface area contributed by atoms with Gasteiger partial charge >= 0.3 is 0 Å². The molecular weight excluding hydrogens is 242 g/mol. The molecule has 1 nitrogen and oxygen atoms in total. The number of fused-ring (bicyclic) bond motifs is 1. The number of rotatable bonds is 1. The molecule has 0 spiro atoms. The molecule has 18 heavy (non-hydrogen) atoms. The van der Waals surface area contributed by atoms with Gasteiger partial charge in [-0.2, -0.15) is 0 Å². The van der Waals surface area contributed by atoms with Crippen LogP contribution in [0.25, 0.3) is 0 Å². The van der Waals surface area contributed by atoms with Crippen LogP contribution in [-0.2, 0) is 6.42 Å². The molecule has 1 aliphatic heterocycles. The fourth-order valence-electron chi connectivity index (χ4n) is 2.70. The maximum absolute atomic E-state index is 5.95. The molecular formula is C16H16ClN. The minimum absolute atomic E-state index is 0.372. The first-order valence-corrected chi connectivity index (χ1v) is 6.72. The Morgan fingerprint density at radius 2 is 1.78 bits per heavy atom. The van der Waals surface area contributed by atoms with Crippen LogP contribution in [0.1, 0.15) is 24.1 Å². The first-order valence-electron chi connectivity index (χ1n) is 6.34. The highest BCUT2D eigenvalue weighted by Gasteiger charge is 2.25. The van der Waals surface area contributed by atoms with Crippen LogP contribution < -0.4 is 5.32 Å². The third kappa shape index (κ3) is 2.11. The van der Waals surface area contributed by atoms with Gasteiger partial charge in [0.05, 0.1) is 6.04 Å². The van der Waals surface area contributed by atoms with Gasteiger partial charge in [0.15, 0.2) is 0 Å². The number of anilines is 1. The van der Waals surface area contributed by atoms with Crippen LogP contribution >= 0.6 is 11.6 Å². The zero-order valence-electron chi connectivity index (χ0n) is 10.4. The van der Waals surface area contributed by atoms with E-state index in [-0.39, 0.29) is 0 Å². The lowest BCUT2D eigenvalue weighted by molar-refractivity contribution is 0.479. The molecule has 0 bridgehead atoms. The first kappa shape index (κ1) is 11.6. The number of nitrogens with one attached hydrogen (secondary N) is 1. The average molecular weight is 258 g/mol. The number of para-hydroxylation sites is 1. The predicted molar refractivity (Wildman–Crippen MR) is 77.1 cm³/mol. The van der Waals surface area contributed by atoms with Crippen molar-refractivity contribution in [2.24, 2.45) is 5.92 Å². The predicted octanol–water partition coefficient (Wildman–Crippen LogP) is 4.69. The average Bonchev–Trinajstić information content (AvgIpc) is 2.39. The number of halogens is 1. The van der Waals surface area contributed by atoms with Gasteiger partial charge in [-0.05, 0) is 41.7 Å². The molecule has 0 radical (unpaired) electrons. The van der Waals surface area contributed by atoms with Crippen LogP contribution in [0.3, 0.4) is 0 Å². The van der Waals surface area contributed by atoms with E-state index in [9.17, 15) is 0 Å². The third-order valence-electron chi connectivity index (χ3n) is 3.67. The normalized spacial score (nSPS) is 22.1. The highest BCUT2D eigenvalue weighted by molar-refractivity contribution is 6.30. The Morgan fingerprint density at radius 1 is 1.06 bits per heavy atom. The van der Waals surface area contributed by atoms with Gasteiger partial charge in [-0.15, -0.1) is 0 Å². The Morgan fingerprint density at radius 3 is 2.56 bits per heavy atom. The Bertz CT molecular complexity index is 547. The standard InChI is InChI=1S/C16H16ClN/c1-11-10-13-4-2-3-5-15(13)18-16(11)12-6-8-14(17)9-7-12/h2-9,11,16,18H,10H2,1H3. The second kappa shape index (κ2) is 4.66. The zero-order chi connectivity index (χ0) is 12.5. The van der Waals surface area contributed by atoms with Gasteiger partial charge in [0, 0.05) is 10.7 Å².